The molecule has 0 unspecified atom stereocenters. The number of methoxy groups -OCH3 is 2. The second kappa shape index (κ2) is 17.0. The molecule has 0 spiro atoms. The van der Waals surface area contributed by atoms with E-state index in [0.717, 1.165) is 11.1 Å². The number of cyclic esters (lactones) is 1. The Hall–Kier alpha value is -4.74. The maximum absolute atomic E-state index is 14.5. The van der Waals surface area contributed by atoms with Crippen LogP contribution in [0.25, 0.3) is 0 Å². The minimum atomic E-state index is -4.38. The Balaban J connectivity index is 1.08. The first kappa shape index (κ1) is 40.7. The molecule has 0 radical (unpaired) electrons. The molecular weight excluding hydrogens is 803 g/mol. The average Bonchev–Trinajstić information content (AvgIpc) is 3.90. The van der Waals surface area contributed by atoms with Crippen LogP contribution in [0, 0.1) is 11.8 Å². The van der Waals surface area contributed by atoms with Gasteiger partial charge in [-0.2, -0.15) is 0 Å². The number of aliphatic hydroxyl groups excluding tert-OH is 2. The Morgan fingerprint density at radius 1 is 0.767 bits per heavy atom. The van der Waals surface area contributed by atoms with Crippen molar-refractivity contribution in [1.82, 2.24) is 0 Å². The third kappa shape index (κ3) is 7.83. The van der Waals surface area contributed by atoms with Crippen LogP contribution in [-0.2, 0) is 55.3 Å². The molecule has 0 bridgehead atoms. The van der Waals surface area contributed by atoms with Gasteiger partial charge in [0.05, 0.1) is 52.7 Å². The third-order valence-corrected chi connectivity index (χ3v) is 12.7. The van der Waals surface area contributed by atoms with E-state index in [1.165, 1.54) is 14.2 Å². The highest BCUT2D eigenvalue weighted by Gasteiger charge is 2.56. The number of ether oxygens (including phenoxy) is 9. The predicted octanol–water partition coefficient (Wildman–Crippen LogP) is 5.55. The van der Waals surface area contributed by atoms with Crippen molar-refractivity contribution < 1.29 is 75.8 Å². The summed E-state index contributed by atoms with van der Waals surface area (Å²) in [4.78, 5) is 13.9. The van der Waals surface area contributed by atoms with Crippen LogP contribution >= 0.6 is 7.82 Å². The van der Waals surface area contributed by atoms with Gasteiger partial charge in [0.2, 0.25) is 12.5 Å². The molecule has 0 amide bonds. The first-order chi connectivity index (χ1) is 29.1. The minimum Gasteiger partial charge on any atom is -0.493 e. The van der Waals surface area contributed by atoms with Crippen LogP contribution in [0.4, 0.5) is 0 Å². The molecule has 60 heavy (non-hydrogen) atoms. The van der Waals surface area contributed by atoms with E-state index < -0.39 is 74.6 Å². The lowest BCUT2D eigenvalue weighted by atomic mass is 9.66. The van der Waals surface area contributed by atoms with Gasteiger partial charge in [-0.05, 0) is 59.0 Å². The molecule has 2 N–H and O–H groups in total. The topological polar surface area (TPSA) is 185 Å². The second-order valence-corrected chi connectivity index (χ2v) is 16.6. The lowest BCUT2D eigenvalue weighted by Gasteiger charge is -2.47. The van der Waals surface area contributed by atoms with Crippen molar-refractivity contribution in [3.05, 3.63) is 113 Å². The number of benzene rings is 4. The van der Waals surface area contributed by atoms with Crippen LogP contribution in [-0.4, -0.2) is 87.4 Å². The number of aliphatic hydroxyl groups is 2. The van der Waals surface area contributed by atoms with Crippen LogP contribution in [0.15, 0.2) is 84.9 Å². The van der Waals surface area contributed by atoms with E-state index in [1.807, 2.05) is 60.7 Å². The van der Waals surface area contributed by atoms with E-state index in [0.29, 0.717) is 28.2 Å². The monoisotopic (exact) mass is 848 g/mol. The molecule has 0 aromatic heterocycles. The summed E-state index contributed by atoms with van der Waals surface area (Å²) in [5.41, 5.74) is 3.30. The maximum atomic E-state index is 14.5. The number of carbonyl (C=O) groups excluding carboxylic acids is 1. The van der Waals surface area contributed by atoms with Crippen molar-refractivity contribution in [1.29, 1.82) is 0 Å². The van der Waals surface area contributed by atoms with E-state index in [1.54, 1.807) is 31.2 Å². The summed E-state index contributed by atoms with van der Waals surface area (Å²) in [5.74, 6) is -1.53. The minimum absolute atomic E-state index is 0.0180. The zero-order chi connectivity index (χ0) is 41.5. The summed E-state index contributed by atoms with van der Waals surface area (Å²) < 4.78 is 85.7. The van der Waals surface area contributed by atoms with Crippen LogP contribution in [0.3, 0.4) is 0 Å². The standard InChI is InChI=1S/C43H45O16P/c1-23-50-21-34-41(56-23)37(44)38(45)43(57-34)58-39-28-17-31-30(52-22-53-31)16-27(28)35(36-29(39)20-51-42(36)46)26-14-32(48-2)40(33(15-26)49-3)59-60(47,54-18-24-10-6-4-7-11-24)55-19-25-12-8-5-9-13-25/h4-17,23,29,34-39,41,43-45H,18-22H2,1-3H3/t23-,29+,34-,35-,36+,37-,38-,39-,41-,43+/m1/s1. The summed E-state index contributed by atoms with van der Waals surface area (Å²) in [6, 6.07) is 25.3. The SMILES string of the molecule is COc1cc([C@@H]2c3cc4c(cc3[C@@H](O[C@@H]3O[C@@H]5CO[C@@H](C)O[C@H]5[C@H](O)[C@H]3O)[C@H]3COC(=O)[C@H]23)OCO4)cc(OC)c1OP(=O)(OCc1ccccc1)OCc1ccccc1. The normalized spacial score (nSPS) is 29.2. The molecule has 4 aliphatic heterocycles. The number of rotatable bonds is 13. The first-order valence-electron chi connectivity index (χ1n) is 19.6. The summed E-state index contributed by atoms with van der Waals surface area (Å²) in [6.45, 7) is 1.61. The van der Waals surface area contributed by atoms with Crippen molar-refractivity contribution in [2.45, 2.75) is 69.2 Å². The van der Waals surface area contributed by atoms with Gasteiger partial charge in [0, 0.05) is 11.8 Å². The lowest BCUT2D eigenvalue weighted by molar-refractivity contribution is -0.364. The van der Waals surface area contributed by atoms with E-state index in [9.17, 15) is 19.6 Å². The Kier molecular flexibility index (Phi) is 11.5. The van der Waals surface area contributed by atoms with Gasteiger partial charge in [-0.25, -0.2) is 4.57 Å². The summed E-state index contributed by atoms with van der Waals surface area (Å²) >= 11 is 0. The van der Waals surface area contributed by atoms with Crippen molar-refractivity contribution >= 4 is 13.8 Å². The number of phosphoric acid groups is 1. The lowest BCUT2D eigenvalue weighted by Crippen LogP contribution is -2.63. The fourth-order valence-electron chi connectivity index (χ4n) is 8.47. The molecule has 4 aromatic rings. The fraction of sp³-hybridized carbons (Fsp3) is 0.419. The molecule has 16 nitrogen and oxygen atoms in total. The van der Waals surface area contributed by atoms with E-state index >= 15 is 0 Å². The highest BCUT2D eigenvalue weighted by molar-refractivity contribution is 7.48. The molecule has 3 saturated heterocycles. The van der Waals surface area contributed by atoms with Gasteiger partial charge in [0.1, 0.15) is 24.4 Å². The zero-order valence-electron chi connectivity index (χ0n) is 32.9. The fourth-order valence-corrected chi connectivity index (χ4v) is 9.67. The number of carbonyl (C=O) groups is 1. The molecule has 0 saturated carbocycles. The van der Waals surface area contributed by atoms with Crippen LogP contribution in [0.5, 0.6) is 28.7 Å². The molecule has 318 valence electrons. The van der Waals surface area contributed by atoms with E-state index in [-0.39, 0.29) is 50.5 Å². The quantitative estimate of drug-likeness (QED) is 0.126. The summed E-state index contributed by atoms with van der Waals surface area (Å²) in [7, 11) is -1.54. The molecule has 9 rings (SSSR count). The average molecular weight is 849 g/mol. The number of hydrogen-bond acceptors (Lipinski definition) is 16. The van der Waals surface area contributed by atoms with Crippen LogP contribution < -0.4 is 23.5 Å². The summed E-state index contributed by atoms with van der Waals surface area (Å²) in [5, 5.41) is 22.4. The van der Waals surface area contributed by atoms with Gasteiger partial charge in [-0.15, -0.1) is 0 Å². The van der Waals surface area contributed by atoms with Crippen LogP contribution in [0.2, 0.25) is 0 Å². The molecular formula is C43H45O16P. The molecule has 3 fully saturated rings. The van der Waals surface area contributed by atoms with Gasteiger partial charge in [-0.3, -0.25) is 13.8 Å². The first-order valence-corrected chi connectivity index (χ1v) is 21.1. The number of fused-ring (bicyclic) bond motifs is 4. The van der Waals surface area contributed by atoms with Gasteiger partial charge in [0.25, 0.3) is 0 Å². The van der Waals surface area contributed by atoms with Crippen molar-refractivity contribution in [2.24, 2.45) is 11.8 Å². The number of hydrogen-bond donors (Lipinski definition) is 2. The molecule has 17 heteroatoms. The highest BCUT2D eigenvalue weighted by atomic mass is 31.2. The van der Waals surface area contributed by atoms with Gasteiger partial charge in [-0.1, -0.05) is 60.7 Å². The van der Waals surface area contributed by atoms with E-state index in [4.69, 9.17) is 56.2 Å². The molecule has 4 aromatic carbocycles. The Morgan fingerprint density at radius 2 is 1.38 bits per heavy atom. The second-order valence-electron chi connectivity index (χ2n) is 15.0. The van der Waals surface area contributed by atoms with Gasteiger partial charge in [0.15, 0.2) is 35.6 Å². The predicted molar refractivity (Wildman–Crippen MR) is 207 cm³/mol. The van der Waals surface area contributed by atoms with Crippen molar-refractivity contribution in [3.8, 4) is 28.7 Å². The molecule has 10 atom stereocenters. The number of esters is 1. The Labute approximate surface area is 345 Å². The van der Waals surface area contributed by atoms with Gasteiger partial charge < -0.3 is 57.4 Å². The Bertz CT molecular complexity index is 2150. The smallest absolute Gasteiger partial charge is 0.493 e. The van der Waals surface area contributed by atoms with Gasteiger partial charge >= 0.3 is 13.8 Å². The van der Waals surface area contributed by atoms with Crippen molar-refractivity contribution in [2.75, 3.05) is 34.2 Å². The van der Waals surface area contributed by atoms with Crippen LogP contribution in [0.1, 0.15) is 46.8 Å². The molecule has 5 aliphatic rings. The van der Waals surface area contributed by atoms with E-state index in [2.05, 4.69) is 0 Å². The molecule has 4 heterocycles. The Morgan fingerprint density at radius 3 is 2.00 bits per heavy atom. The highest BCUT2D eigenvalue weighted by Crippen LogP contribution is 2.59. The zero-order valence-corrected chi connectivity index (χ0v) is 33.8. The maximum Gasteiger partial charge on any atom is 0.530 e. The largest absolute Gasteiger partial charge is 0.530 e. The summed E-state index contributed by atoms with van der Waals surface area (Å²) in [6.07, 6.45) is -7.18. The molecule has 1 aliphatic carbocycles. The number of phosphoric ester groups is 1. The van der Waals surface area contributed by atoms with Crippen molar-refractivity contribution in [3.63, 3.8) is 0 Å². The third-order valence-electron chi connectivity index (χ3n) is 11.4.